The number of hydrogen-bond acceptors (Lipinski definition) is 2. The van der Waals surface area contributed by atoms with Gasteiger partial charge in [0.25, 0.3) is 0 Å². The van der Waals surface area contributed by atoms with Gasteiger partial charge in [0, 0.05) is 12.6 Å². The highest BCUT2D eigenvalue weighted by Crippen LogP contribution is 2.03. The number of aliphatic hydroxyl groups is 1. The summed E-state index contributed by atoms with van der Waals surface area (Å²) in [7, 11) is 0. The second kappa shape index (κ2) is 1.80. The van der Waals surface area contributed by atoms with E-state index in [4.69, 9.17) is 5.11 Å². The minimum absolute atomic E-state index is 0.0880. The molecule has 0 aromatic heterocycles. The molecule has 2 N–H and O–H groups in total. The number of hydrogen-bond donors (Lipinski definition) is 2. The Hall–Kier alpha value is -0.0800. The van der Waals surface area contributed by atoms with E-state index in [1.54, 1.807) is 0 Å². The molecule has 0 unspecified atom stereocenters. The lowest BCUT2D eigenvalue weighted by Gasteiger charge is -1.95. The first-order valence-electron chi connectivity index (χ1n) is 2.70. The SMILES string of the molecule is C[C@H]1C[C@H](O)CN1. The molecule has 2 heteroatoms. The predicted octanol–water partition coefficient (Wildman–Crippen LogP) is -0.271. The first kappa shape index (κ1) is 5.06. The molecule has 42 valence electrons. The Labute approximate surface area is 43.5 Å². The van der Waals surface area contributed by atoms with Crippen LogP contribution in [0, 0.1) is 0 Å². The lowest BCUT2D eigenvalue weighted by molar-refractivity contribution is 0.194. The predicted molar refractivity (Wildman–Crippen MR) is 28.1 cm³/mol. The van der Waals surface area contributed by atoms with Gasteiger partial charge in [0.05, 0.1) is 6.10 Å². The van der Waals surface area contributed by atoms with Crippen molar-refractivity contribution in [3.8, 4) is 0 Å². The summed E-state index contributed by atoms with van der Waals surface area (Å²) in [5.74, 6) is 0. The van der Waals surface area contributed by atoms with Crippen LogP contribution in [0.1, 0.15) is 13.3 Å². The summed E-state index contributed by atoms with van der Waals surface area (Å²) in [6, 6.07) is 0.523. The van der Waals surface area contributed by atoms with E-state index in [9.17, 15) is 0 Å². The smallest absolute Gasteiger partial charge is 0.0679 e. The Balaban J connectivity index is 2.26. The average molecular weight is 101 g/mol. The summed E-state index contributed by atoms with van der Waals surface area (Å²) in [5, 5.41) is 12.0. The third-order valence-corrected chi connectivity index (χ3v) is 1.33. The van der Waals surface area contributed by atoms with Crippen molar-refractivity contribution in [3.05, 3.63) is 0 Å². The number of rotatable bonds is 0. The molecule has 2 atom stereocenters. The Morgan fingerprint density at radius 2 is 2.43 bits per heavy atom. The second-order valence-corrected chi connectivity index (χ2v) is 2.20. The van der Waals surface area contributed by atoms with Crippen LogP contribution in [0.15, 0.2) is 0 Å². The second-order valence-electron chi connectivity index (χ2n) is 2.20. The molecule has 1 saturated heterocycles. The maximum absolute atomic E-state index is 8.84. The van der Waals surface area contributed by atoms with Crippen molar-refractivity contribution < 1.29 is 5.11 Å². The highest BCUT2D eigenvalue weighted by molar-refractivity contribution is 4.76. The van der Waals surface area contributed by atoms with E-state index in [1.807, 2.05) is 0 Å². The van der Waals surface area contributed by atoms with Crippen LogP contribution in [-0.4, -0.2) is 23.8 Å². The molecule has 0 aliphatic carbocycles. The average Bonchev–Trinajstić information content (AvgIpc) is 1.87. The normalized spacial score (nSPS) is 42.0. The minimum atomic E-state index is -0.0880. The van der Waals surface area contributed by atoms with Crippen molar-refractivity contribution in [1.82, 2.24) is 5.32 Å². The third kappa shape index (κ3) is 1.14. The van der Waals surface area contributed by atoms with Crippen molar-refractivity contribution in [1.29, 1.82) is 0 Å². The van der Waals surface area contributed by atoms with Crippen LogP contribution in [0.4, 0.5) is 0 Å². The van der Waals surface area contributed by atoms with Crippen molar-refractivity contribution in [3.63, 3.8) is 0 Å². The molecule has 2 nitrogen and oxygen atoms in total. The Kier molecular flexibility index (Phi) is 1.30. The molecular weight excluding hydrogens is 90.1 g/mol. The van der Waals surface area contributed by atoms with Crippen LogP contribution in [-0.2, 0) is 0 Å². The van der Waals surface area contributed by atoms with Gasteiger partial charge in [0.2, 0.25) is 0 Å². The van der Waals surface area contributed by atoms with Crippen molar-refractivity contribution >= 4 is 0 Å². The van der Waals surface area contributed by atoms with Crippen molar-refractivity contribution in [2.75, 3.05) is 6.54 Å². The monoisotopic (exact) mass is 101 g/mol. The van der Waals surface area contributed by atoms with Gasteiger partial charge in [0.15, 0.2) is 0 Å². The van der Waals surface area contributed by atoms with Gasteiger partial charge < -0.3 is 10.4 Å². The number of β-amino-alcohol motifs (C(OH)–C–C–N with tert-alkyl or cyclic N) is 1. The molecule has 0 amide bonds. The van der Waals surface area contributed by atoms with E-state index in [-0.39, 0.29) is 6.10 Å². The molecule has 0 aromatic carbocycles. The molecule has 0 radical (unpaired) electrons. The van der Waals surface area contributed by atoms with E-state index in [2.05, 4.69) is 12.2 Å². The van der Waals surface area contributed by atoms with Crippen LogP contribution in [0.5, 0.6) is 0 Å². The zero-order valence-corrected chi connectivity index (χ0v) is 4.52. The fourth-order valence-electron chi connectivity index (χ4n) is 0.912. The van der Waals surface area contributed by atoms with Crippen LogP contribution in [0.3, 0.4) is 0 Å². The highest BCUT2D eigenvalue weighted by Gasteiger charge is 2.16. The first-order chi connectivity index (χ1) is 3.29. The minimum Gasteiger partial charge on any atom is -0.392 e. The highest BCUT2D eigenvalue weighted by atomic mass is 16.3. The number of nitrogens with one attached hydrogen (secondary N) is 1. The molecule has 0 aromatic rings. The molecule has 0 bridgehead atoms. The van der Waals surface area contributed by atoms with E-state index < -0.39 is 0 Å². The van der Waals surface area contributed by atoms with Gasteiger partial charge >= 0.3 is 0 Å². The molecule has 1 aliphatic heterocycles. The molecule has 7 heavy (non-hydrogen) atoms. The van der Waals surface area contributed by atoms with Gasteiger partial charge in [0.1, 0.15) is 0 Å². The van der Waals surface area contributed by atoms with Gasteiger partial charge in [-0.3, -0.25) is 0 Å². The Morgan fingerprint density at radius 1 is 1.71 bits per heavy atom. The van der Waals surface area contributed by atoms with Crippen molar-refractivity contribution in [2.24, 2.45) is 0 Å². The van der Waals surface area contributed by atoms with Crippen LogP contribution in [0.25, 0.3) is 0 Å². The first-order valence-corrected chi connectivity index (χ1v) is 2.70. The fraction of sp³-hybridized carbons (Fsp3) is 1.00. The van der Waals surface area contributed by atoms with E-state index in [0.717, 1.165) is 13.0 Å². The summed E-state index contributed by atoms with van der Waals surface area (Å²) < 4.78 is 0. The van der Waals surface area contributed by atoms with Gasteiger partial charge in [-0.1, -0.05) is 0 Å². The zero-order chi connectivity index (χ0) is 5.28. The van der Waals surface area contributed by atoms with Crippen LogP contribution in [0.2, 0.25) is 0 Å². The Bertz CT molecular complexity index is 57.1. The molecule has 0 spiro atoms. The summed E-state index contributed by atoms with van der Waals surface area (Å²) in [4.78, 5) is 0. The molecule has 1 fully saturated rings. The van der Waals surface area contributed by atoms with Gasteiger partial charge in [-0.25, -0.2) is 0 Å². The molecule has 1 heterocycles. The lowest BCUT2D eigenvalue weighted by atomic mass is 10.2. The zero-order valence-electron chi connectivity index (χ0n) is 4.52. The maximum Gasteiger partial charge on any atom is 0.0679 e. The summed E-state index contributed by atoms with van der Waals surface area (Å²) >= 11 is 0. The van der Waals surface area contributed by atoms with Gasteiger partial charge in [-0.05, 0) is 13.3 Å². The van der Waals surface area contributed by atoms with E-state index in [0.29, 0.717) is 6.04 Å². The molecule has 1 rings (SSSR count). The van der Waals surface area contributed by atoms with E-state index >= 15 is 0 Å². The summed E-state index contributed by atoms with van der Waals surface area (Å²) in [6.07, 6.45) is 0.829. The maximum atomic E-state index is 8.84. The topological polar surface area (TPSA) is 32.3 Å². The fourth-order valence-corrected chi connectivity index (χ4v) is 0.912. The summed E-state index contributed by atoms with van der Waals surface area (Å²) in [5.41, 5.74) is 0. The third-order valence-electron chi connectivity index (χ3n) is 1.33. The quantitative estimate of drug-likeness (QED) is 0.440. The van der Waals surface area contributed by atoms with Gasteiger partial charge in [-0.2, -0.15) is 0 Å². The lowest BCUT2D eigenvalue weighted by Crippen LogP contribution is -2.17. The van der Waals surface area contributed by atoms with Gasteiger partial charge in [-0.15, -0.1) is 0 Å². The molecule has 1 aliphatic rings. The molecule has 0 saturated carbocycles. The molecular formula is C5H11NO. The van der Waals surface area contributed by atoms with Crippen molar-refractivity contribution in [2.45, 2.75) is 25.5 Å². The van der Waals surface area contributed by atoms with Crippen LogP contribution < -0.4 is 5.32 Å². The largest absolute Gasteiger partial charge is 0.392 e. The van der Waals surface area contributed by atoms with Crippen LogP contribution >= 0.6 is 0 Å². The standard InChI is InChI=1S/C5H11NO/c1-4-2-5(7)3-6-4/h4-7H,2-3H2,1H3/t4-,5-/m0/s1. The summed E-state index contributed by atoms with van der Waals surface area (Å²) in [6.45, 7) is 2.86. The van der Waals surface area contributed by atoms with E-state index in [1.165, 1.54) is 0 Å². The Morgan fingerprint density at radius 3 is 2.57 bits per heavy atom. The number of aliphatic hydroxyl groups excluding tert-OH is 1.